The number of esters is 1. The van der Waals surface area contributed by atoms with E-state index in [1.165, 1.54) is 12.5 Å². The SMILES string of the molecule is CCOC(=O)c1cnc(NCc2cncnc2)nc1C. The number of hydrogen-bond acceptors (Lipinski definition) is 7. The molecule has 0 unspecified atom stereocenters. The number of aryl methyl sites for hydroxylation is 1. The normalized spacial score (nSPS) is 10.1. The van der Waals surface area contributed by atoms with Crippen molar-refractivity contribution in [2.24, 2.45) is 0 Å². The van der Waals surface area contributed by atoms with Crippen molar-refractivity contribution in [3.63, 3.8) is 0 Å². The van der Waals surface area contributed by atoms with Gasteiger partial charge in [0.15, 0.2) is 0 Å². The monoisotopic (exact) mass is 273 g/mol. The molecule has 2 rings (SSSR count). The summed E-state index contributed by atoms with van der Waals surface area (Å²) in [5.41, 5.74) is 1.87. The third-order valence-corrected chi connectivity index (χ3v) is 2.54. The number of anilines is 1. The Morgan fingerprint density at radius 3 is 2.70 bits per heavy atom. The van der Waals surface area contributed by atoms with E-state index in [2.05, 4.69) is 25.3 Å². The summed E-state index contributed by atoms with van der Waals surface area (Å²) in [5.74, 6) is 0.0346. The van der Waals surface area contributed by atoms with Crippen LogP contribution in [0.5, 0.6) is 0 Å². The second kappa shape index (κ2) is 6.55. The quantitative estimate of drug-likeness (QED) is 0.822. The van der Waals surface area contributed by atoms with Crippen LogP contribution in [0.15, 0.2) is 24.9 Å². The van der Waals surface area contributed by atoms with Crippen LogP contribution in [0.2, 0.25) is 0 Å². The van der Waals surface area contributed by atoms with Crippen molar-refractivity contribution in [2.45, 2.75) is 20.4 Å². The molecule has 2 heterocycles. The molecule has 104 valence electrons. The minimum absolute atomic E-state index is 0.326. The Labute approximate surface area is 116 Å². The van der Waals surface area contributed by atoms with Gasteiger partial charge in [-0.2, -0.15) is 0 Å². The molecule has 0 atom stereocenters. The van der Waals surface area contributed by atoms with Gasteiger partial charge in [-0.25, -0.2) is 24.7 Å². The summed E-state index contributed by atoms with van der Waals surface area (Å²) < 4.78 is 4.92. The van der Waals surface area contributed by atoms with Gasteiger partial charge in [-0.3, -0.25) is 0 Å². The predicted octanol–water partition coefficient (Wildman–Crippen LogP) is 1.36. The van der Waals surface area contributed by atoms with Gasteiger partial charge in [0, 0.05) is 30.7 Å². The van der Waals surface area contributed by atoms with E-state index in [9.17, 15) is 4.79 Å². The molecule has 0 fully saturated rings. The molecular formula is C13H15N5O2. The maximum atomic E-state index is 11.6. The number of carbonyl (C=O) groups is 1. The van der Waals surface area contributed by atoms with Crippen LogP contribution in [-0.4, -0.2) is 32.5 Å². The number of nitrogens with one attached hydrogen (secondary N) is 1. The predicted molar refractivity (Wildman–Crippen MR) is 72.1 cm³/mol. The Morgan fingerprint density at radius 2 is 2.05 bits per heavy atom. The van der Waals surface area contributed by atoms with E-state index in [1.54, 1.807) is 26.2 Å². The lowest BCUT2D eigenvalue weighted by atomic mass is 10.2. The number of nitrogens with zero attached hydrogens (tertiary/aromatic N) is 4. The van der Waals surface area contributed by atoms with Crippen LogP contribution < -0.4 is 5.32 Å². The first-order valence-electron chi connectivity index (χ1n) is 6.19. The Morgan fingerprint density at radius 1 is 1.30 bits per heavy atom. The average molecular weight is 273 g/mol. The van der Waals surface area contributed by atoms with Crippen LogP contribution in [0.4, 0.5) is 5.95 Å². The van der Waals surface area contributed by atoms with Crippen molar-refractivity contribution >= 4 is 11.9 Å². The van der Waals surface area contributed by atoms with Gasteiger partial charge in [-0.1, -0.05) is 0 Å². The molecule has 1 N–H and O–H groups in total. The fourth-order valence-corrected chi connectivity index (χ4v) is 1.56. The first-order chi connectivity index (χ1) is 9.70. The lowest BCUT2D eigenvalue weighted by molar-refractivity contribution is 0.0524. The van der Waals surface area contributed by atoms with Gasteiger partial charge in [0.1, 0.15) is 6.33 Å². The summed E-state index contributed by atoms with van der Waals surface area (Å²) >= 11 is 0. The van der Waals surface area contributed by atoms with Crippen LogP contribution in [0, 0.1) is 6.92 Å². The highest BCUT2D eigenvalue weighted by atomic mass is 16.5. The number of ether oxygens (including phenoxy) is 1. The van der Waals surface area contributed by atoms with Crippen molar-refractivity contribution < 1.29 is 9.53 Å². The van der Waals surface area contributed by atoms with E-state index in [-0.39, 0.29) is 0 Å². The summed E-state index contributed by atoms with van der Waals surface area (Å²) in [6.07, 6.45) is 6.35. The zero-order chi connectivity index (χ0) is 14.4. The van der Waals surface area contributed by atoms with Crippen LogP contribution in [0.25, 0.3) is 0 Å². The largest absolute Gasteiger partial charge is 0.462 e. The molecule has 0 aliphatic carbocycles. The molecule has 0 amide bonds. The van der Waals surface area contributed by atoms with Gasteiger partial charge in [0.05, 0.1) is 17.9 Å². The highest BCUT2D eigenvalue weighted by Crippen LogP contribution is 2.09. The molecule has 0 saturated carbocycles. The van der Waals surface area contributed by atoms with E-state index in [0.29, 0.717) is 30.4 Å². The molecule has 2 aromatic heterocycles. The lowest BCUT2D eigenvalue weighted by Crippen LogP contribution is -2.11. The molecule has 0 aromatic carbocycles. The van der Waals surface area contributed by atoms with Crippen molar-refractivity contribution in [2.75, 3.05) is 11.9 Å². The van der Waals surface area contributed by atoms with E-state index in [0.717, 1.165) is 5.56 Å². The summed E-state index contributed by atoms with van der Waals surface area (Å²) in [5, 5.41) is 3.05. The molecule has 0 spiro atoms. The summed E-state index contributed by atoms with van der Waals surface area (Å²) in [6.45, 7) is 4.34. The van der Waals surface area contributed by atoms with Gasteiger partial charge in [-0.05, 0) is 13.8 Å². The van der Waals surface area contributed by atoms with Gasteiger partial charge < -0.3 is 10.1 Å². The third kappa shape index (κ3) is 3.47. The fraction of sp³-hybridized carbons (Fsp3) is 0.308. The van der Waals surface area contributed by atoms with Crippen molar-refractivity contribution in [1.29, 1.82) is 0 Å². The topological polar surface area (TPSA) is 89.9 Å². The van der Waals surface area contributed by atoms with E-state index in [1.807, 2.05) is 0 Å². The van der Waals surface area contributed by atoms with Crippen molar-refractivity contribution in [3.05, 3.63) is 41.7 Å². The van der Waals surface area contributed by atoms with Crippen molar-refractivity contribution in [3.8, 4) is 0 Å². The van der Waals surface area contributed by atoms with Crippen LogP contribution >= 0.6 is 0 Å². The van der Waals surface area contributed by atoms with Crippen molar-refractivity contribution in [1.82, 2.24) is 19.9 Å². The first kappa shape index (κ1) is 13.9. The molecule has 0 aliphatic rings. The van der Waals surface area contributed by atoms with E-state index < -0.39 is 5.97 Å². The Kier molecular flexibility index (Phi) is 4.54. The molecule has 0 saturated heterocycles. The Balaban J connectivity index is 2.04. The molecule has 7 nitrogen and oxygen atoms in total. The number of aromatic nitrogens is 4. The molecule has 2 aromatic rings. The summed E-state index contributed by atoms with van der Waals surface area (Å²) in [7, 11) is 0. The van der Waals surface area contributed by atoms with Crippen LogP contribution in [0.3, 0.4) is 0 Å². The average Bonchev–Trinajstić information content (AvgIpc) is 2.46. The maximum Gasteiger partial charge on any atom is 0.341 e. The Bertz CT molecular complexity index is 589. The number of hydrogen-bond donors (Lipinski definition) is 1. The number of carbonyl (C=O) groups excluding carboxylic acids is 1. The molecule has 0 bridgehead atoms. The first-order valence-corrected chi connectivity index (χ1v) is 6.19. The van der Waals surface area contributed by atoms with Crippen LogP contribution in [-0.2, 0) is 11.3 Å². The highest BCUT2D eigenvalue weighted by molar-refractivity contribution is 5.90. The lowest BCUT2D eigenvalue weighted by Gasteiger charge is -2.07. The smallest absolute Gasteiger partial charge is 0.341 e. The van der Waals surface area contributed by atoms with Gasteiger partial charge in [0.25, 0.3) is 0 Å². The van der Waals surface area contributed by atoms with Gasteiger partial charge >= 0.3 is 5.97 Å². The van der Waals surface area contributed by atoms with Gasteiger partial charge in [0.2, 0.25) is 5.95 Å². The minimum Gasteiger partial charge on any atom is -0.462 e. The standard InChI is InChI=1S/C13H15N5O2/c1-3-20-12(19)11-7-17-13(18-9(11)2)16-6-10-4-14-8-15-5-10/h4-5,7-8H,3,6H2,1-2H3,(H,16,17,18). The molecule has 0 radical (unpaired) electrons. The summed E-state index contributed by atoms with van der Waals surface area (Å²) in [4.78, 5) is 27.8. The second-order valence-electron chi connectivity index (χ2n) is 4.01. The zero-order valence-corrected chi connectivity index (χ0v) is 11.3. The van der Waals surface area contributed by atoms with E-state index in [4.69, 9.17) is 4.74 Å². The zero-order valence-electron chi connectivity index (χ0n) is 11.3. The molecular weight excluding hydrogens is 258 g/mol. The highest BCUT2D eigenvalue weighted by Gasteiger charge is 2.12. The number of rotatable bonds is 5. The Hall–Kier alpha value is -2.57. The summed E-state index contributed by atoms with van der Waals surface area (Å²) in [6, 6.07) is 0. The molecule has 20 heavy (non-hydrogen) atoms. The maximum absolute atomic E-state index is 11.6. The minimum atomic E-state index is -0.409. The fourth-order valence-electron chi connectivity index (χ4n) is 1.56. The second-order valence-corrected chi connectivity index (χ2v) is 4.01. The molecule has 7 heteroatoms. The third-order valence-electron chi connectivity index (χ3n) is 2.54. The van der Waals surface area contributed by atoms with E-state index >= 15 is 0 Å². The molecule has 0 aliphatic heterocycles. The van der Waals surface area contributed by atoms with Gasteiger partial charge in [-0.15, -0.1) is 0 Å². The van der Waals surface area contributed by atoms with Crippen LogP contribution in [0.1, 0.15) is 28.5 Å².